The summed E-state index contributed by atoms with van der Waals surface area (Å²) in [4.78, 5) is 0. The van der Waals surface area contributed by atoms with E-state index < -0.39 is 5.60 Å². The van der Waals surface area contributed by atoms with Crippen molar-refractivity contribution in [2.75, 3.05) is 0 Å². The first-order valence-corrected chi connectivity index (χ1v) is 4.12. The molecular weight excluding hydrogens is 136 g/mol. The topological polar surface area (TPSA) is 20.2 Å². The molecule has 0 amide bonds. The van der Waals surface area contributed by atoms with Gasteiger partial charge in [0.05, 0.1) is 0 Å². The van der Waals surface area contributed by atoms with Crippen LogP contribution in [0.2, 0.25) is 0 Å². The van der Waals surface area contributed by atoms with E-state index in [0.717, 1.165) is 0 Å². The first kappa shape index (κ1) is 10.5. The number of aliphatic hydroxyl groups is 1. The van der Waals surface area contributed by atoms with E-state index in [1.165, 1.54) is 0 Å². The average molecular weight is 154 g/mol. The van der Waals surface area contributed by atoms with Crippen molar-refractivity contribution in [2.24, 2.45) is 11.8 Å². The molecule has 0 aliphatic carbocycles. The predicted octanol–water partition coefficient (Wildman–Crippen LogP) is 2.05. The summed E-state index contributed by atoms with van der Waals surface area (Å²) in [5, 5.41) is 9.83. The first-order valence-electron chi connectivity index (χ1n) is 4.12. The Balaban J connectivity index is 4.26. The van der Waals surface area contributed by atoms with Gasteiger partial charge in [-0.1, -0.05) is 33.6 Å². The zero-order chi connectivity index (χ0) is 9.07. The summed E-state index contributed by atoms with van der Waals surface area (Å²) in [6.07, 6.45) is 5.94. The molecule has 0 aromatic rings. The van der Waals surface area contributed by atoms with Crippen LogP contribution in [0.4, 0.5) is 0 Å². The molecule has 1 N–H and O–H groups in total. The molecule has 1 unspecified atom stereocenters. The average Bonchev–Trinajstić information content (AvgIpc) is 1.86. The number of terminal acetylenes is 1. The molecule has 0 radical (unpaired) electrons. The summed E-state index contributed by atoms with van der Waals surface area (Å²) in [6.45, 7) is 8.01. The van der Waals surface area contributed by atoms with E-state index in [2.05, 4.69) is 19.8 Å². The molecule has 0 spiro atoms. The lowest BCUT2D eigenvalue weighted by Gasteiger charge is -2.28. The number of rotatable bonds is 3. The van der Waals surface area contributed by atoms with Crippen LogP contribution in [0.15, 0.2) is 0 Å². The van der Waals surface area contributed by atoms with Gasteiger partial charge in [0.1, 0.15) is 5.60 Å². The highest BCUT2D eigenvalue weighted by Gasteiger charge is 2.28. The second-order valence-corrected chi connectivity index (χ2v) is 3.82. The van der Waals surface area contributed by atoms with Gasteiger partial charge in [0.15, 0.2) is 0 Å². The fraction of sp³-hybridized carbons (Fsp3) is 0.800. The van der Waals surface area contributed by atoms with E-state index >= 15 is 0 Å². The molecule has 0 aliphatic rings. The van der Waals surface area contributed by atoms with Crippen molar-refractivity contribution in [3.63, 3.8) is 0 Å². The van der Waals surface area contributed by atoms with Crippen LogP contribution in [-0.4, -0.2) is 10.7 Å². The van der Waals surface area contributed by atoms with Crippen molar-refractivity contribution in [1.82, 2.24) is 0 Å². The van der Waals surface area contributed by atoms with Crippen molar-refractivity contribution in [1.29, 1.82) is 0 Å². The van der Waals surface area contributed by atoms with Gasteiger partial charge in [0.25, 0.3) is 0 Å². The van der Waals surface area contributed by atoms with Crippen LogP contribution < -0.4 is 0 Å². The maximum atomic E-state index is 9.83. The molecule has 11 heavy (non-hydrogen) atoms. The molecule has 0 saturated carbocycles. The van der Waals surface area contributed by atoms with E-state index in [0.29, 0.717) is 12.3 Å². The lowest BCUT2D eigenvalue weighted by molar-refractivity contribution is 0.0331. The molecule has 0 aromatic carbocycles. The van der Waals surface area contributed by atoms with Crippen molar-refractivity contribution in [3.05, 3.63) is 0 Å². The molecule has 1 heteroatoms. The quantitative estimate of drug-likeness (QED) is 0.617. The Morgan fingerprint density at radius 2 is 1.82 bits per heavy atom. The highest BCUT2D eigenvalue weighted by atomic mass is 16.3. The Hall–Kier alpha value is -0.480. The maximum absolute atomic E-state index is 9.83. The van der Waals surface area contributed by atoms with E-state index in [1.54, 1.807) is 0 Å². The van der Waals surface area contributed by atoms with Crippen LogP contribution in [0.5, 0.6) is 0 Å². The van der Waals surface area contributed by atoms with Gasteiger partial charge in [-0.3, -0.25) is 0 Å². The third-order valence-corrected chi connectivity index (χ3v) is 1.92. The van der Waals surface area contributed by atoms with Crippen LogP contribution >= 0.6 is 0 Å². The van der Waals surface area contributed by atoms with Crippen molar-refractivity contribution in [3.8, 4) is 12.3 Å². The zero-order valence-corrected chi connectivity index (χ0v) is 7.89. The van der Waals surface area contributed by atoms with Crippen LogP contribution in [0.25, 0.3) is 0 Å². The predicted molar refractivity (Wildman–Crippen MR) is 48.1 cm³/mol. The van der Waals surface area contributed by atoms with Crippen LogP contribution in [0.3, 0.4) is 0 Å². The Labute approximate surface area is 69.8 Å². The molecule has 0 fully saturated rings. The lowest BCUT2D eigenvalue weighted by Crippen LogP contribution is -2.34. The van der Waals surface area contributed by atoms with Gasteiger partial charge in [-0.25, -0.2) is 0 Å². The van der Waals surface area contributed by atoms with E-state index in [9.17, 15) is 5.11 Å². The summed E-state index contributed by atoms with van der Waals surface area (Å²) in [5.41, 5.74) is -0.909. The molecular formula is C10H18O. The van der Waals surface area contributed by atoms with Gasteiger partial charge in [-0.2, -0.15) is 0 Å². The van der Waals surface area contributed by atoms with E-state index in [-0.39, 0.29) is 5.92 Å². The minimum atomic E-state index is -0.909. The normalized spacial score (nSPS) is 16.5. The van der Waals surface area contributed by atoms with Crippen LogP contribution in [0.1, 0.15) is 34.1 Å². The second kappa shape index (κ2) is 3.78. The molecule has 64 valence electrons. The summed E-state index contributed by atoms with van der Waals surface area (Å²) in [6, 6.07) is 0. The molecule has 1 atom stereocenters. The zero-order valence-electron chi connectivity index (χ0n) is 7.89. The molecule has 0 heterocycles. The smallest absolute Gasteiger partial charge is 0.127 e. The van der Waals surface area contributed by atoms with Crippen molar-refractivity contribution in [2.45, 2.75) is 39.7 Å². The highest BCUT2D eigenvalue weighted by molar-refractivity contribution is 5.09. The van der Waals surface area contributed by atoms with Gasteiger partial charge in [-0.05, 0) is 18.3 Å². The lowest BCUT2D eigenvalue weighted by atomic mass is 9.84. The van der Waals surface area contributed by atoms with Crippen LogP contribution in [0, 0.1) is 24.2 Å². The van der Waals surface area contributed by atoms with Gasteiger partial charge >= 0.3 is 0 Å². The van der Waals surface area contributed by atoms with Gasteiger partial charge in [-0.15, -0.1) is 6.42 Å². The minimum absolute atomic E-state index is 0.134. The van der Waals surface area contributed by atoms with Crippen LogP contribution in [-0.2, 0) is 0 Å². The Morgan fingerprint density at radius 1 is 1.36 bits per heavy atom. The Bertz CT molecular complexity index is 153. The highest BCUT2D eigenvalue weighted by Crippen LogP contribution is 2.24. The third-order valence-electron chi connectivity index (χ3n) is 1.92. The Morgan fingerprint density at radius 3 is 1.91 bits per heavy atom. The molecule has 1 nitrogen and oxygen atoms in total. The van der Waals surface area contributed by atoms with Gasteiger partial charge in [0, 0.05) is 0 Å². The number of hydrogen-bond acceptors (Lipinski definition) is 1. The maximum Gasteiger partial charge on any atom is 0.127 e. The summed E-state index contributed by atoms with van der Waals surface area (Å²) < 4.78 is 0. The molecule has 0 bridgehead atoms. The summed E-state index contributed by atoms with van der Waals surface area (Å²) in [7, 11) is 0. The van der Waals surface area contributed by atoms with E-state index in [4.69, 9.17) is 6.42 Å². The van der Waals surface area contributed by atoms with Crippen molar-refractivity contribution < 1.29 is 5.11 Å². The largest absolute Gasteiger partial charge is 0.377 e. The molecule has 0 aliphatic heterocycles. The molecule has 0 saturated heterocycles. The van der Waals surface area contributed by atoms with Crippen molar-refractivity contribution >= 4 is 0 Å². The Kier molecular flexibility index (Phi) is 3.62. The monoisotopic (exact) mass is 154 g/mol. The second-order valence-electron chi connectivity index (χ2n) is 3.82. The standard InChI is InChI=1S/C10H18O/c1-6-10(11,9(4)5)7-8(2)3/h1,8-9,11H,7H2,2-5H3. The summed E-state index contributed by atoms with van der Waals surface area (Å²) >= 11 is 0. The molecule has 0 aromatic heterocycles. The van der Waals surface area contributed by atoms with Gasteiger partial charge in [0.2, 0.25) is 0 Å². The SMILES string of the molecule is C#CC(O)(CC(C)C)C(C)C. The van der Waals surface area contributed by atoms with E-state index in [1.807, 2.05) is 13.8 Å². The third kappa shape index (κ3) is 2.95. The van der Waals surface area contributed by atoms with Gasteiger partial charge < -0.3 is 5.11 Å². The first-order chi connectivity index (χ1) is 4.92. The fourth-order valence-electron chi connectivity index (χ4n) is 1.08. The minimum Gasteiger partial charge on any atom is -0.377 e. The summed E-state index contributed by atoms with van der Waals surface area (Å²) in [5.74, 6) is 3.04. The fourth-order valence-corrected chi connectivity index (χ4v) is 1.08. The molecule has 0 rings (SSSR count). The number of hydrogen-bond donors (Lipinski definition) is 1.